The summed E-state index contributed by atoms with van der Waals surface area (Å²) in [6.07, 6.45) is 2.81. The molecule has 4 rings (SSSR count). The van der Waals surface area contributed by atoms with Gasteiger partial charge in [0.2, 0.25) is 5.91 Å². The van der Waals surface area contributed by atoms with Crippen molar-refractivity contribution in [2.24, 2.45) is 0 Å². The van der Waals surface area contributed by atoms with Crippen LogP contribution in [0.1, 0.15) is 10.4 Å². The number of amides is 2. The molecular weight excluding hydrogens is 434 g/mol. The summed E-state index contributed by atoms with van der Waals surface area (Å²) in [5.74, 6) is 1.05. The number of ether oxygens (including phenoxy) is 2. The van der Waals surface area contributed by atoms with Gasteiger partial charge in [-0.2, -0.15) is 0 Å². The number of para-hydroxylation sites is 2. The van der Waals surface area contributed by atoms with E-state index in [1.54, 1.807) is 56.8 Å². The van der Waals surface area contributed by atoms with E-state index >= 15 is 0 Å². The van der Waals surface area contributed by atoms with Crippen molar-refractivity contribution in [1.82, 2.24) is 9.97 Å². The van der Waals surface area contributed by atoms with Crippen molar-refractivity contribution in [3.05, 3.63) is 79.0 Å². The van der Waals surface area contributed by atoms with Crippen molar-refractivity contribution in [2.45, 2.75) is 0 Å². The molecule has 0 spiro atoms. The average Bonchev–Trinajstić information content (AvgIpc) is 3.28. The van der Waals surface area contributed by atoms with E-state index in [1.165, 1.54) is 6.08 Å². The van der Waals surface area contributed by atoms with Crippen LogP contribution < -0.4 is 25.4 Å². The first-order chi connectivity index (χ1) is 16.5. The molecule has 0 bridgehead atoms. The smallest absolute Gasteiger partial charge is 0.257 e. The molecule has 9 heteroatoms. The van der Waals surface area contributed by atoms with Gasteiger partial charge in [-0.05, 0) is 30.3 Å². The molecular formula is C25H23N5O4. The van der Waals surface area contributed by atoms with E-state index in [9.17, 15) is 9.59 Å². The monoisotopic (exact) mass is 457 g/mol. The predicted molar refractivity (Wildman–Crippen MR) is 132 cm³/mol. The first-order valence-electron chi connectivity index (χ1n) is 10.3. The molecule has 0 unspecified atom stereocenters. The van der Waals surface area contributed by atoms with Crippen LogP contribution >= 0.6 is 0 Å². The third-order valence-corrected chi connectivity index (χ3v) is 5.03. The number of hydrogen-bond donors (Lipinski definition) is 4. The topological polar surface area (TPSA) is 117 Å². The molecule has 2 amide bonds. The number of carbonyl (C=O) groups excluding carboxylic acids is 2. The van der Waals surface area contributed by atoms with Crippen molar-refractivity contribution in [2.75, 3.05) is 30.2 Å². The number of fused-ring (bicyclic) bond motifs is 1. The second kappa shape index (κ2) is 9.78. The Morgan fingerprint density at radius 2 is 1.68 bits per heavy atom. The average molecular weight is 457 g/mol. The van der Waals surface area contributed by atoms with E-state index in [0.717, 1.165) is 0 Å². The number of rotatable bonds is 8. The number of nitrogens with one attached hydrogen (secondary N) is 4. The van der Waals surface area contributed by atoms with Gasteiger partial charge >= 0.3 is 0 Å². The van der Waals surface area contributed by atoms with Gasteiger partial charge in [-0.3, -0.25) is 9.59 Å². The molecule has 2 aromatic heterocycles. The number of aromatic amines is 1. The highest BCUT2D eigenvalue weighted by molar-refractivity contribution is 6.12. The summed E-state index contributed by atoms with van der Waals surface area (Å²) in [5.41, 5.74) is 2.77. The Morgan fingerprint density at radius 1 is 0.971 bits per heavy atom. The number of aromatic nitrogens is 2. The number of carbonyl (C=O) groups is 2. The van der Waals surface area contributed by atoms with E-state index in [2.05, 4.69) is 32.5 Å². The van der Waals surface area contributed by atoms with Crippen molar-refractivity contribution >= 4 is 45.7 Å². The number of pyridine rings is 1. The highest BCUT2D eigenvalue weighted by Gasteiger charge is 2.15. The number of anilines is 4. The van der Waals surface area contributed by atoms with E-state index in [-0.39, 0.29) is 11.8 Å². The first-order valence-corrected chi connectivity index (χ1v) is 10.3. The fourth-order valence-corrected chi connectivity index (χ4v) is 3.36. The van der Waals surface area contributed by atoms with Crippen LogP contribution in [0.15, 0.2) is 73.4 Å². The van der Waals surface area contributed by atoms with Gasteiger partial charge in [0, 0.05) is 35.5 Å². The quantitative estimate of drug-likeness (QED) is 0.285. The van der Waals surface area contributed by atoms with Gasteiger partial charge in [0.1, 0.15) is 23.0 Å². The summed E-state index contributed by atoms with van der Waals surface area (Å²) in [5, 5.41) is 9.46. The number of H-pyrrole nitrogens is 1. The summed E-state index contributed by atoms with van der Waals surface area (Å²) in [6.45, 7) is 3.47. The third-order valence-electron chi connectivity index (χ3n) is 5.03. The molecule has 0 atom stereocenters. The lowest BCUT2D eigenvalue weighted by Gasteiger charge is -2.12. The maximum atomic E-state index is 12.9. The Bertz CT molecular complexity index is 1360. The Kier molecular flexibility index (Phi) is 6.45. The SMILES string of the molecule is C=CC(=O)Nc1ccccc1Nc1ccc2c(C(=O)Nc3cc(OC)cc(OC)c3)c[nH]c2n1. The number of methoxy groups -OCH3 is 2. The van der Waals surface area contributed by atoms with Gasteiger partial charge in [-0.25, -0.2) is 4.98 Å². The van der Waals surface area contributed by atoms with E-state index < -0.39 is 0 Å². The highest BCUT2D eigenvalue weighted by atomic mass is 16.5. The fourth-order valence-electron chi connectivity index (χ4n) is 3.36. The second-order valence-electron chi connectivity index (χ2n) is 7.21. The normalized spacial score (nSPS) is 10.4. The van der Waals surface area contributed by atoms with Gasteiger partial charge in [0.25, 0.3) is 5.91 Å². The number of benzene rings is 2. The lowest BCUT2D eigenvalue weighted by molar-refractivity contribution is -0.111. The summed E-state index contributed by atoms with van der Waals surface area (Å²) in [7, 11) is 3.09. The van der Waals surface area contributed by atoms with Gasteiger partial charge in [0.15, 0.2) is 0 Å². The molecule has 0 aliphatic heterocycles. The summed E-state index contributed by atoms with van der Waals surface area (Å²) in [4.78, 5) is 32.2. The third kappa shape index (κ3) is 4.83. The molecule has 0 saturated heterocycles. The van der Waals surface area contributed by atoms with Crippen LogP contribution in [-0.2, 0) is 4.79 Å². The molecule has 4 N–H and O–H groups in total. The molecule has 0 radical (unpaired) electrons. The molecule has 0 aliphatic carbocycles. The molecule has 172 valence electrons. The Labute approximate surface area is 195 Å². The summed E-state index contributed by atoms with van der Waals surface area (Å²) in [6, 6.07) is 15.9. The minimum Gasteiger partial charge on any atom is -0.497 e. The molecule has 0 saturated carbocycles. The molecule has 4 aromatic rings. The predicted octanol–water partition coefficient (Wildman–Crippen LogP) is 4.70. The molecule has 2 aromatic carbocycles. The maximum absolute atomic E-state index is 12.9. The minimum atomic E-state index is -0.314. The number of hydrogen-bond acceptors (Lipinski definition) is 6. The zero-order chi connectivity index (χ0) is 24.1. The van der Waals surface area contributed by atoms with Crippen LogP contribution in [-0.4, -0.2) is 36.0 Å². The van der Waals surface area contributed by atoms with Gasteiger partial charge in [0.05, 0.1) is 31.2 Å². The zero-order valence-corrected chi connectivity index (χ0v) is 18.6. The Balaban J connectivity index is 1.56. The summed E-state index contributed by atoms with van der Waals surface area (Å²) < 4.78 is 10.5. The van der Waals surface area contributed by atoms with Crippen molar-refractivity contribution in [1.29, 1.82) is 0 Å². The first kappa shape index (κ1) is 22.4. The van der Waals surface area contributed by atoms with Crippen LogP contribution in [0.4, 0.5) is 22.9 Å². The lowest BCUT2D eigenvalue weighted by Crippen LogP contribution is -2.11. The molecule has 0 fully saturated rings. The summed E-state index contributed by atoms with van der Waals surface area (Å²) >= 11 is 0. The van der Waals surface area contributed by atoms with Gasteiger partial charge in [-0.15, -0.1) is 0 Å². The fraction of sp³-hybridized carbons (Fsp3) is 0.0800. The van der Waals surface area contributed by atoms with E-state index in [0.29, 0.717) is 51.0 Å². The van der Waals surface area contributed by atoms with Crippen LogP contribution in [0.3, 0.4) is 0 Å². The van der Waals surface area contributed by atoms with Crippen LogP contribution in [0.25, 0.3) is 11.0 Å². The lowest BCUT2D eigenvalue weighted by atomic mass is 10.2. The van der Waals surface area contributed by atoms with Crippen LogP contribution in [0, 0.1) is 0 Å². The van der Waals surface area contributed by atoms with Gasteiger partial charge in [-0.1, -0.05) is 18.7 Å². The molecule has 9 nitrogen and oxygen atoms in total. The Morgan fingerprint density at radius 3 is 2.35 bits per heavy atom. The minimum absolute atomic E-state index is 0.304. The van der Waals surface area contributed by atoms with Crippen LogP contribution in [0.5, 0.6) is 11.5 Å². The second-order valence-corrected chi connectivity index (χ2v) is 7.21. The molecule has 34 heavy (non-hydrogen) atoms. The van der Waals surface area contributed by atoms with Crippen LogP contribution in [0.2, 0.25) is 0 Å². The van der Waals surface area contributed by atoms with Crippen molar-refractivity contribution in [3.63, 3.8) is 0 Å². The van der Waals surface area contributed by atoms with Crippen molar-refractivity contribution in [3.8, 4) is 11.5 Å². The van der Waals surface area contributed by atoms with E-state index in [1.807, 2.05) is 18.2 Å². The largest absolute Gasteiger partial charge is 0.497 e. The Hall–Kier alpha value is -4.79. The highest BCUT2D eigenvalue weighted by Crippen LogP contribution is 2.28. The van der Waals surface area contributed by atoms with Gasteiger partial charge < -0.3 is 30.4 Å². The zero-order valence-electron chi connectivity index (χ0n) is 18.6. The molecule has 2 heterocycles. The van der Waals surface area contributed by atoms with Crippen molar-refractivity contribution < 1.29 is 19.1 Å². The number of nitrogens with zero attached hydrogens (tertiary/aromatic N) is 1. The molecule has 0 aliphatic rings. The maximum Gasteiger partial charge on any atom is 0.257 e. The van der Waals surface area contributed by atoms with E-state index in [4.69, 9.17) is 9.47 Å². The standard InChI is InChI=1S/C25H23N5O4/c1-4-23(31)29-21-8-6-5-7-20(21)28-22-10-9-18-19(14-26-24(18)30-22)25(32)27-15-11-16(33-2)13-17(12-15)34-3/h4-14H,1H2,2-3H3,(H,27,32)(H,29,31)(H2,26,28,30).